The molecule has 0 aliphatic carbocycles. The van der Waals surface area contributed by atoms with Crippen molar-refractivity contribution in [2.45, 2.75) is 51.9 Å². The minimum absolute atomic E-state index is 0.0245. The lowest BCUT2D eigenvalue weighted by Crippen LogP contribution is -2.37. The average Bonchev–Trinajstić information content (AvgIpc) is 2.97. The normalized spacial score (nSPS) is 14.8. The molecule has 1 aromatic heterocycles. The van der Waals surface area contributed by atoms with Crippen LogP contribution in [0.2, 0.25) is 0 Å². The van der Waals surface area contributed by atoms with E-state index in [0.29, 0.717) is 29.1 Å². The van der Waals surface area contributed by atoms with E-state index in [1.807, 2.05) is 56.3 Å². The van der Waals surface area contributed by atoms with Crippen LogP contribution >= 0.6 is 11.8 Å². The Hall–Kier alpha value is -3.13. The summed E-state index contributed by atoms with van der Waals surface area (Å²) >= 11 is 1.55. The molecule has 8 heteroatoms. The highest BCUT2D eigenvalue weighted by Gasteiger charge is 2.35. The number of anilines is 1. The van der Waals surface area contributed by atoms with E-state index in [0.717, 1.165) is 40.3 Å². The molecule has 0 fully saturated rings. The number of methoxy groups -OCH3 is 1. The number of nitrogens with zero attached hydrogens (tertiary/aromatic N) is 4. The van der Waals surface area contributed by atoms with Crippen molar-refractivity contribution < 1.29 is 14.3 Å². The molecule has 1 amide bonds. The number of aromatic nitrogens is 3. The van der Waals surface area contributed by atoms with E-state index < -0.39 is 6.23 Å². The molecule has 1 atom stereocenters. The van der Waals surface area contributed by atoms with Gasteiger partial charge in [-0.3, -0.25) is 9.69 Å². The predicted molar refractivity (Wildman–Crippen MR) is 134 cm³/mol. The van der Waals surface area contributed by atoms with Crippen LogP contribution in [0.3, 0.4) is 0 Å². The van der Waals surface area contributed by atoms with E-state index in [2.05, 4.69) is 24.0 Å². The quantitative estimate of drug-likeness (QED) is 0.396. The number of hydrogen-bond acceptors (Lipinski definition) is 7. The highest BCUT2D eigenvalue weighted by molar-refractivity contribution is 7.99. The van der Waals surface area contributed by atoms with E-state index in [4.69, 9.17) is 14.5 Å². The van der Waals surface area contributed by atoms with Crippen molar-refractivity contribution in [2.75, 3.05) is 17.8 Å². The number of benzene rings is 2. The Morgan fingerprint density at radius 2 is 1.94 bits per heavy atom. The lowest BCUT2D eigenvalue weighted by molar-refractivity contribution is -0.120. The van der Waals surface area contributed by atoms with Crippen molar-refractivity contribution in [3.05, 3.63) is 53.6 Å². The maximum atomic E-state index is 13.5. The molecule has 1 aliphatic rings. The smallest absolute Gasteiger partial charge is 0.247 e. The Morgan fingerprint density at radius 1 is 1.18 bits per heavy atom. The highest BCUT2D eigenvalue weighted by atomic mass is 32.2. The summed E-state index contributed by atoms with van der Waals surface area (Å²) in [5, 5.41) is 9.44. The largest absolute Gasteiger partial charge is 0.497 e. The average molecular weight is 479 g/mol. The number of rotatable bonds is 7. The zero-order valence-corrected chi connectivity index (χ0v) is 21.1. The van der Waals surface area contributed by atoms with Crippen LogP contribution in [0.4, 0.5) is 5.69 Å². The van der Waals surface area contributed by atoms with E-state index in [1.165, 1.54) is 0 Å². The van der Waals surface area contributed by atoms with Crippen LogP contribution in [-0.2, 0) is 4.79 Å². The fourth-order valence-electron chi connectivity index (χ4n) is 3.77. The predicted octanol–water partition coefficient (Wildman–Crippen LogP) is 5.83. The van der Waals surface area contributed by atoms with E-state index in [-0.39, 0.29) is 5.91 Å². The van der Waals surface area contributed by atoms with Crippen molar-refractivity contribution in [1.82, 2.24) is 15.2 Å². The lowest BCUT2D eigenvalue weighted by atomic mass is 10.0. The van der Waals surface area contributed by atoms with Gasteiger partial charge in [-0.15, -0.1) is 10.2 Å². The van der Waals surface area contributed by atoms with Gasteiger partial charge in [0.15, 0.2) is 5.69 Å². The lowest BCUT2D eigenvalue weighted by Gasteiger charge is -2.31. The van der Waals surface area contributed by atoms with Crippen molar-refractivity contribution >= 4 is 23.4 Å². The number of hydrogen-bond donors (Lipinski definition) is 0. The minimum Gasteiger partial charge on any atom is -0.497 e. The van der Waals surface area contributed by atoms with E-state index >= 15 is 0 Å². The van der Waals surface area contributed by atoms with Crippen LogP contribution in [0.5, 0.6) is 11.6 Å². The van der Waals surface area contributed by atoms with Gasteiger partial charge in [-0.25, -0.2) is 0 Å². The SMILES string of the molecule is CCCC(=O)N1c2ccc(C)cc2-c2nnc(SCC(C)C)nc2OC1c1ccc(OC)cc1. The van der Waals surface area contributed by atoms with Crippen LogP contribution in [0, 0.1) is 12.8 Å². The van der Waals surface area contributed by atoms with Gasteiger partial charge in [-0.05, 0) is 55.7 Å². The second-order valence-corrected chi connectivity index (χ2v) is 9.72. The van der Waals surface area contributed by atoms with Gasteiger partial charge in [0.05, 0.1) is 12.8 Å². The van der Waals surface area contributed by atoms with Gasteiger partial charge in [0, 0.05) is 23.3 Å². The molecule has 3 aromatic rings. The van der Waals surface area contributed by atoms with Crippen LogP contribution in [0.1, 0.15) is 51.0 Å². The molecule has 1 unspecified atom stereocenters. The number of thioether (sulfide) groups is 1. The van der Waals surface area contributed by atoms with Crippen LogP contribution in [0.15, 0.2) is 47.6 Å². The van der Waals surface area contributed by atoms with Gasteiger partial charge in [-0.2, -0.15) is 4.98 Å². The zero-order chi connectivity index (χ0) is 24.2. The fraction of sp³-hybridized carbons (Fsp3) is 0.385. The number of ether oxygens (including phenoxy) is 2. The summed E-state index contributed by atoms with van der Waals surface area (Å²) in [6.07, 6.45) is 0.425. The van der Waals surface area contributed by atoms with Gasteiger partial charge < -0.3 is 9.47 Å². The van der Waals surface area contributed by atoms with Crippen molar-refractivity contribution in [3.63, 3.8) is 0 Å². The van der Waals surface area contributed by atoms with Crippen LogP contribution in [0.25, 0.3) is 11.3 Å². The summed E-state index contributed by atoms with van der Waals surface area (Å²) in [7, 11) is 1.63. The summed E-state index contributed by atoms with van der Waals surface area (Å²) < 4.78 is 11.8. The van der Waals surface area contributed by atoms with Crippen molar-refractivity contribution in [1.29, 1.82) is 0 Å². The Bertz CT molecular complexity index is 1170. The monoisotopic (exact) mass is 478 g/mol. The molecule has 0 saturated heterocycles. The highest BCUT2D eigenvalue weighted by Crippen LogP contribution is 2.44. The maximum Gasteiger partial charge on any atom is 0.247 e. The Labute approximate surface area is 204 Å². The van der Waals surface area contributed by atoms with E-state index in [9.17, 15) is 4.79 Å². The van der Waals surface area contributed by atoms with Gasteiger partial charge in [0.2, 0.25) is 23.2 Å². The number of carbonyl (C=O) groups excluding carboxylic acids is 1. The molecule has 34 heavy (non-hydrogen) atoms. The van der Waals surface area contributed by atoms with Gasteiger partial charge in [0.25, 0.3) is 0 Å². The van der Waals surface area contributed by atoms with Gasteiger partial charge in [0.1, 0.15) is 5.75 Å². The van der Waals surface area contributed by atoms with Crippen molar-refractivity contribution in [2.24, 2.45) is 5.92 Å². The number of fused-ring (bicyclic) bond motifs is 3. The van der Waals surface area contributed by atoms with Gasteiger partial charge >= 0.3 is 0 Å². The molecule has 0 N–H and O–H groups in total. The molecule has 0 bridgehead atoms. The summed E-state index contributed by atoms with van der Waals surface area (Å²) in [6.45, 7) is 8.31. The summed E-state index contributed by atoms with van der Waals surface area (Å²) in [4.78, 5) is 19.9. The zero-order valence-electron chi connectivity index (χ0n) is 20.2. The third-order valence-electron chi connectivity index (χ3n) is 5.44. The Morgan fingerprint density at radius 3 is 2.62 bits per heavy atom. The summed E-state index contributed by atoms with van der Waals surface area (Å²) in [6, 6.07) is 13.5. The first-order chi connectivity index (χ1) is 16.4. The third kappa shape index (κ3) is 5.01. The topological polar surface area (TPSA) is 77.4 Å². The second kappa shape index (κ2) is 10.4. The first-order valence-electron chi connectivity index (χ1n) is 11.5. The molecule has 7 nitrogen and oxygen atoms in total. The second-order valence-electron chi connectivity index (χ2n) is 8.73. The Balaban J connectivity index is 1.89. The standard InChI is InChI=1S/C26H30N4O3S/c1-6-7-22(31)30-21-13-8-17(4)14-20(21)23-24(27-26(29-28-23)34-15-16(2)3)33-25(30)18-9-11-19(32-5)12-10-18/h8-14,16,25H,6-7,15H2,1-5H3. The number of aryl methyl sites for hydroxylation is 1. The Kier molecular flexibility index (Phi) is 7.36. The van der Waals surface area contributed by atoms with Crippen LogP contribution in [-0.4, -0.2) is 34.0 Å². The van der Waals surface area contributed by atoms with Crippen LogP contribution < -0.4 is 14.4 Å². The number of amides is 1. The maximum absolute atomic E-state index is 13.5. The molecule has 2 heterocycles. The molecule has 1 aliphatic heterocycles. The third-order valence-corrected chi connectivity index (χ3v) is 6.70. The fourth-order valence-corrected chi connectivity index (χ4v) is 4.50. The number of carbonyl (C=O) groups is 1. The minimum atomic E-state index is -0.702. The first kappa shape index (κ1) is 24.0. The molecular weight excluding hydrogens is 448 g/mol. The first-order valence-corrected chi connectivity index (χ1v) is 12.5. The molecule has 0 radical (unpaired) electrons. The summed E-state index contributed by atoms with van der Waals surface area (Å²) in [5.74, 6) is 2.45. The molecular formula is C26H30N4O3S. The molecule has 0 saturated carbocycles. The molecule has 0 spiro atoms. The molecule has 178 valence electrons. The van der Waals surface area contributed by atoms with Crippen molar-refractivity contribution in [3.8, 4) is 22.9 Å². The van der Waals surface area contributed by atoms with Gasteiger partial charge in [-0.1, -0.05) is 44.2 Å². The molecule has 4 rings (SSSR count). The van der Waals surface area contributed by atoms with E-state index in [1.54, 1.807) is 23.8 Å². The molecule has 2 aromatic carbocycles. The summed E-state index contributed by atoms with van der Waals surface area (Å²) in [5.41, 5.74) is 3.94.